The van der Waals surface area contributed by atoms with E-state index in [0.29, 0.717) is 17.3 Å². The summed E-state index contributed by atoms with van der Waals surface area (Å²) in [5, 5.41) is 3.44. The van der Waals surface area contributed by atoms with Crippen LogP contribution in [0, 0.1) is 5.41 Å². The molecule has 0 amide bonds. The average molecular weight is 236 g/mol. The fourth-order valence-corrected chi connectivity index (χ4v) is 2.39. The SMILES string of the molecule is COc1cc(NC2CCCC2(C)C)nc(N)n1. The van der Waals surface area contributed by atoms with Crippen molar-refractivity contribution >= 4 is 11.8 Å². The minimum Gasteiger partial charge on any atom is -0.481 e. The Hall–Kier alpha value is -1.52. The number of anilines is 2. The molecule has 1 aromatic rings. The largest absolute Gasteiger partial charge is 0.481 e. The van der Waals surface area contributed by atoms with Crippen molar-refractivity contribution in [1.82, 2.24) is 9.97 Å². The first-order valence-corrected chi connectivity index (χ1v) is 5.96. The normalized spacial score (nSPS) is 22.4. The van der Waals surface area contributed by atoms with Gasteiger partial charge < -0.3 is 15.8 Å². The van der Waals surface area contributed by atoms with Gasteiger partial charge in [0.2, 0.25) is 11.8 Å². The number of methoxy groups -OCH3 is 1. The molecular weight excluding hydrogens is 216 g/mol. The molecule has 1 aliphatic carbocycles. The summed E-state index contributed by atoms with van der Waals surface area (Å²) in [5.74, 6) is 1.48. The molecule has 1 aliphatic rings. The third-order valence-corrected chi connectivity index (χ3v) is 3.51. The first-order valence-electron chi connectivity index (χ1n) is 5.96. The van der Waals surface area contributed by atoms with Gasteiger partial charge in [-0.25, -0.2) is 0 Å². The standard InChI is InChI=1S/C12H20N4O/c1-12(2)6-4-5-8(12)14-9-7-10(17-3)16-11(13)15-9/h7-8H,4-6H2,1-3H3,(H3,13,14,15,16). The number of nitrogen functional groups attached to an aromatic ring is 1. The molecule has 1 unspecified atom stereocenters. The van der Waals surface area contributed by atoms with Crippen LogP contribution >= 0.6 is 0 Å². The van der Waals surface area contributed by atoms with E-state index in [1.807, 2.05) is 0 Å². The highest BCUT2D eigenvalue weighted by Crippen LogP contribution is 2.38. The zero-order valence-electron chi connectivity index (χ0n) is 10.7. The molecule has 0 bridgehead atoms. The van der Waals surface area contributed by atoms with Crippen molar-refractivity contribution < 1.29 is 4.74 Å². The molecule has 2 rings (SSSR count). The lowest BCUT2D eigenvalue weighted by atomic mass is 9.87. The van der Waals surface area contributed by atoms with Crippen LogP contribution in [-0.4, -0.2) is 23.1 Å². The lowest BCUT2D eigenvalue weighted by Crippen LogP contribution is -2.31. The number of nitrogens with two attached hydrogens (primary N) is 1. The predicted octanol–water partition coefficient (Wildman–Crippen LogP) is 2.06. The second-order valence-corrected chi connectivity index (χ2v) is 5.23. The van der Waals surface area contributed by atoms with Crippen molar-refractivity contribution in [3.05, 3.63) is 6.07 Å². The second kappa shape index (κ2) is 4.39. The van der Waals surface area contributed by atoms with Crippen LogP contribution in [0.3, 0.4) is 0 Å². The molecule has 0 saturated heterocycles. The Balaban J connectivity index is 2.15. The molecule has 0 aromatic carbocycles. The van der Waals surface area contributed by atoms with E-state index in [2.05, 4.69) is 29.1 Å². The molecule has 1 atom stereocenters. The van der Waals surface area contributed by atoms with E-state index in [1.165, 1.54) is 19.3 Å². The molecule has 1 saturated carbocycles. The number of hydrogen-bond acceptors (Lipinski definition) is 5. The topological polar surface area (TPSA) is 73.1 Å². The van der Waals surface area contributed by atoms with Gasteiger partial charge in [-0.1, -0.05) is 20.3 Å². The first kappa shape index (κ1) is 12.0. The Kier molecular flexibility index (Phi) is 3.09. The maximum Gasteiger partial charge on any atom is 0.225 e. The van der Waals surface area contributed by atoms with Gasteiger partial charge in [0.1, 0.15) is 5.82 Å². The van der Waals surface area contributed by atoms with Gasteiger partial charge in [-0.05, 0) is 18.3 Å². The summed E-state index contributed by atoms with van der Waals surface area (Å²) in [6.07, 6.45) is 3.66. The van der Waals surface area contributed by atoms with Crippen LogP contribution in [0.15, 0.2) is 6.07 Å². The van der Waals surface area contributed by atoms with E-state index in [1.54, 1.807) is 13.2 Å². The molecule has 5 heteroatoms. The number of ether oxygens (including phenoxy) is 1. The van der Waals surface area contributed by atoms with Crippen LogP contribution in [0.1, 0.15) is 33.1 Å². The lowest BCUT2D eigenvalue weighted by Gasteiger charge is -2.28. The molecule has 94 valence electrons. The van der Waals surface area contributed by atoms with Gasteiger partial charge in [0.25, 0.3) is 0 Å². The summed E-state index contributed by atoms with van der Waals surface area (Å²) < 4.78 is 5.08. The number of nitrogens with zero attached hydrogens (tertiary/aromatic N) is 2. The number of aromatic nitrogens is 2. The second-order valence-electron chi connectivity index (χ2n) is 5.23. The molecule has 0 spiro atoms. The Morgan fingerprint density at radius 1 is 1.47 bits per heavy atom. The molecule has 1 heterocycles. The third kappa shape index (κ3) is 2.60. The van der Waals surface area contributed by atoms with Crippen LogP contribution < -0.4 is 15.8 Å². The summed E-state index contributed by atoms with van der Waals surface area (Å²) in [7, 11) is 1.57. The summed E-state index contributed by atoms with van der Waals surface area (Å²) in [6.45, 7) is 4.55. The average Bonchev–Trinajstić information content (AvgIpc) is 2.57. The van der Waals surface area contributed by atoms with E-state index in [0.717, 1.165) is 5.82 Å². The van der Waals surface area contributed by atoms with Crippen LogP contribution in [0.5, 0.6) is 5.88 Å². The fourth-order valence-electron chi connectivity index (χ4n) is 2.39. The van der Waals surface area contributed by atoms with Crippen molar-refractivity contribution in [3.63, 3.8) is 0 Å². The monoisotopic (exact) mass is 236 g/mol. The smallest absolute Gasteiger partial charge is 0.225 e. The van der Waals surface area contributed by atoms with E-state index in [-0.39, 0.29) is 5.95 Å². The van der Waals surface area contributed by atoms with Crippen LogP contribution in [0.25, 0.3) is 0 Å². The van der Waals surface area contributed by atoms with Gasteiger partial charge >= 0.3 is 0 Å². The molecule has 1 aromatic heterocycles. The van der Waals surface area contributed by atoms with Crippen molar-refractivity contribution in [2.75, 3.05) is 18.2 Å². The van der Waals surface area contributed by atoms with Crippen LogP contribution in [0.2, 0.25) is 0 Å². The van der Waals surface area contributed by atoms with Gasteiger partial charge in [-0.2, -0.15) is 9.97 Å². The minimum absolute atomic E-state index is 0.239. The number of rotatable bonds is 3. The van der Waals surface area contributed by atoms with Gasteiger partial charge in [-0.3, -0.25) is 0 Å². The Morgan fingerprint density at radius 3 is 2.82 bits per heavy atom. The molecule has 17 heavy (non-hydrogen) atoms. The highest BCUT2D eigenvalue weighted by atomic mass is 16.5. The van der Waals surface area contributed by atoms with Crippen LogP contribution in [0.4, 0.5) is 11.8 Å². The molecule has 5 nitrogen and oxygen atoms in total. The van der Waals surface area contributed by atoms with E-state index < -0.39 is 0 Å². The number of nitrogens with one attached hydrogen (secondary N) is 1. The van der Waals surface area contributed by atoms with Crippen molar-refractivity contribution in [1.29, 1.82) is 0 Å². The molecule has 3 N–H and O–H groups in total. The van der Waals surface area contributed by atoms with E-state index >= 15 is 0 Å². The van der Waals surface area contributed by atoms with Crippen molar-refractivity contribution in [2.24, 2.45) is 5.41 Å². The Labute approximate surface area is 102 Å². The predicted molar refractivity (Wildman–Crippen MR) is 68.0 cm³/mol. The Morgan fingerprint density at radius 2 is 2.24 bits per heavy atom. The highest BCUT2D eigenvalue weighted by Gasteiger charge is 2.34. The quantitative estimate of drug-likeness (QED) is 0.840. The van der Waals surface area contributed by atoms with Gasteiger partial charge in [0.15, 0.2) is 0 Å². The Bertz CT molecular complexity index is 405. The van der Waals surface area contributed by atoms with Gasteiger partial charge in [-0.15, -0.1) is 0 Å². The zero-order chi connectivity index (χ0) is 12.5. The molecule has 1 fully saturated rings. The maximum absolute atomic E-state index is 5.63. The minimum atomic E-state index is 0.239. The van der Waals surface area contributed by atoms with Crippen LogP contribution in [-0.2, 0) is 0 Å². The molecular formula is C12H20N4O. The van der Waals surface area contributed by atoms with Crippen molar-refractivity contribution in [3.8, 4) is 5.88 Å². The molecule has 0 radical (unpaired) electrons. The fraction of sp³-hybridized carbons (Fsp3) is 0.667. The highest BCUT2D eigenvalue weighted by molar-refractivity contribution is 5.44. The summed E-state index contributed by atoms with van der Waals surface area (Å²) in [6, 6.07) is 2.21. The van der Waals surface area contributed by atoms with E-state index in [9.17, 15) is 0 Å². The first-order chi connectivity index (χ1) is 8.01. The lowest BCUT2D eigenvalue weighted by molar-refractivity contribution is 0.349. The van der Waals surface area contributed by atoms with Gasteiger partial charge in [0.05, 0.1) is 7.11 Å². The summed E-state index contributed by atoms with van der Waals surface area (Å²) >= 11 is 0. The van der Waals surface area contributed by atoms with E-state index in [4.69, 9.17) is 10.5 Å². The van der Waals surface area contributed by atoms with Gasteiger partial charge in [0, 0.05) is 12.1 Å². The maximum atomic E-state index is 5.63. The number of hydrogen-bond donors (Lipinski definition) is 2. The zero-order valence-corrected chi connectivity index (χ0v) is 10.7. The van der Waals surface area contributed by atoms with Crippen molar-refractivity contribution in [2.45, 2.75) is 39.2 Å². The third-order valence-electron chi connectivity index (χ3n) is 3.51. The molecule has 0 aliphatic heterocycles. The summed E-state index contributed by atoms with van der Waals surface area (Å²) in [5.41, 5.74) is 5.93. The summed E-state index contributed by atoms with van der Waals surface area (Å²) in [4.78, 5) is 8.15.